The van der Waals surface area contributed by atoms with E-state index in [0.29, 0.717) is 24.3 Å². The third kappa shape index (κ3) is 5.55. The van der Waals surface area contributed by atoms with Crippen LogP contribution in [0.2, 0.25) is 0 Å². The molecule has 0 saturated carbocycles. The molecule has 0 bridgehead atoms. The van der Waals surface area contributed by atoms with Crippen LogP contribution in [0.4, 0.5) is 0 Å². The van der Waals surface area contributed by atoms with Gasteiger partial charge < -0.3 is 9.64 Å². The molecular formula is C22H36N2O2. The van der Waals surface area contributed by atoms with Crippen molar-refractivity contribution < 1.29 is 9.53 Å². The van der Waals surface area contributed by atoms with E-state index >= 15 is 0 Å². The summed E-state index contributed by atoms with van der Waals surface area (Å²) in [5, 5.41) is 0. The number of rotatable bonds is 7. The molecule has 1 fully saturated rings. The number of piperazine rings is 1. The number of ether oxygens (including phenoxy) is 1. The Morgan fingerprint density at radius 3 is 1.96 bits per heavy atom. The average molecular weight is 361 g/mol. The van der Waals surface area contributed by atoms with Gasteiger partial charge in [-0.2, -0.15) is 0 Å². The normalized spacial score (nSPS) is 16.7. The lowest BCUT2D eigenvalue weighted by Gasteiger charge is -2.36. The van der Waals surface area contributed by atoms with Gasteiger partial charge in [0.25, 0.3) is 0 Å². The Labute approximate surface area is 159 Å². The highest BCUT2D eigenvalue weighted by Crippen LogP contribution is 2.34. The lowest BCUT2D eigenvalue weighted by atomic mass is 9.94. The van der Waals surface area contributed by atoms with E-state index < -0.39 is 0 Å². The van der Waals surface area contributed by atoms with E-state index in [1.54, 1.807) is 0 Å². The molecule has 1 aromatic rings. The molecule has 4 heteroatoms. The Balaban J connectivity index is 1.94. The molecule has 0 aromatic heterocycles. The zero-order chi connectivity index (χ0) is 19.3. The summed E-state index contributed by atoms with van der Waals surface area (Å²) in [7, 11) is 0. The molecule has 0 spiro atoms. The van der Waals surface area contributed by atoms with Crippen molar-refractivity contribution in [2.75, 3.05) is 32.7 Å². The Bertz CT molecular complexity index is 562. The first kappa shape index (κ1) is 20.9. The van der Waals surface area contributed by atoms with Gasteiger partial charge in [0.1, 0.15) is 5.75 Å². The van der Waals surface area contributed by atoms with Crippen molar-refractivity contribution in [1.29, 1.82) is 0 Å². The molecule has 1 saturated heterocycles. The Kier molecular flexibility index (Phi) is 7.66. The minimum absolute atomic E-state index is 0.119. The van der Waals surface area contributed by atoms with Crippen LogP contribution in [0.5, 0.6) is 5.75 Å². The van der Waals surface area contributed by atoms with Gasteiger partial charge in [-0.3, -0.25) is 9.69 Å². The van der Waals surface area contributed by atoms with Crippen molar-refractivity contribution in [1.82, 2.24) is 9.80 Å². The van der Waals surface area contributed by atoms with Crippen LogP contribution in [0.25, 0.3) is 0 Å². The molecule has 0 aliphatic carbocycles. The fourth-order valence-corrected chi connectivity index (χ4v) is 3.52. The largest absolute Gasteiger partial charge is 0.426 e. The van der Waals surface area contributed by atoms with Crippen LogP contribution < -0.4 is 4.74 Å². The fourth-order valence-electron chi connectivity index (χ4n) is 3.52. The van der Waals surface area contributed by atoms with Gasteiger partial charge in [-0.05, 0) is 36.8 Å². The number of carbonyl (C=O) groups is 1. The summed E-state index contributed by atoms with van der Waals surface area (Å²) in [5.41, 5.74) is 2.24. The van der Waals surface area contributed by atoms with Crippen molar-refractivity contribution in [3.05, 3.63) is 29.3 Å². The van der Waals surface area contributed by atoms with Crippen LogP contribution in [0.15, 0.2) is 18.2 Å². The minimum Gasteiger partial charge on any atom is -0.426 e. The maximum Gasteiger partial charge on any atom is 0.312 e. The first-order valence-corrected chi connectivity index (χ1v) is 10.1. The van der Waals surface area contributed by atoms with Gasteiger partial charge >= 0.3 is 5.97 Å². The van der Waals surface area contributed by atoms with Crippen LogP contribution in [-0.2, 0) is 4.79 Å². The highest BCUT2D eigenvalue weighted by Gasteiger charge is 2.21. The maximum absolute atomic E-state index is 12.5. The van der Waals surface area contributed by atoms with Crippen molar-refractivity contribution >= 4 is 5.97 Å². The van der Waals surface area contributed by atoms with Gasteiger partial charge in [0.15, 0.2) is 0 Å². The predicted molar refractivity (Wildman–Crippen MR) is 108 cm³/mol. The summed E-state index contributed by atoms with van der Waals surface area (Å²) in [4.78, 5) is 17.4. The third-order valence-electron chi connectivity index (χ3n) is 5.31. The monoisotopic (exact) mass is 360 g/mol. The van der Waals surface area contributed by atoms with Crippen LogP contribution in [-0.4, -0.2) is 54.5 Å². The number of para-hydroxylation sites is 1. The Morgan fingerprint density at radius 2 is 1.50 bits per heavy atom. The average Bonchev–Trinajstić information content (AvgIpc) is 2.60. The summed E-state index contributed by atoms with van der Waals surface area (Å²) in [5.74, 6) is 1.33. The van der Waals surface area contributed by atoms with E-state index in [0.717, 1.165) is 49.6 Å². The first-order valence-electron chi connectivity index (χ1n) is 10.1. The lowest BCUT2D eigenvalue weighted by Crippen LogP contribution is -2.49. The summed E-state index contributed by atoms with van der Waals surface area (Å²) in [6.07, 6.45) is 0.450. The second-order valence-corrected chi connectivity index (χ2v) is 8.27. The summed E-state index contributed by atoms with van der Waals surface area (Å²) in [6, 6.07) is 6.81. The molecule has 1 aliphatic heterocycles. The summed E-state index contributed by atoms with van der Waals surface area (Å²) >= 11 is 0. The molecular weight excluding hydrogens is 324 g/mol. The topological polar surface area (TPSA) is 32.8 Å². The molecule has 0 N–H and O–H groups in total. The first-order chi connectivity index (χ1) is 12.3. The third-order valence-corrected chi connectivity index (χ3v) is 5.31. The molecule has 146 valence electrons. The van der Waals surface area contributed by atoms with Gasteiger partial charge in [0.2, 0.25) is 0 Å². The molecule has 2 rings (SSSR count). The van der Waals surface area contributed by atoms with Crippen LogP contribution in [0.3, 0.4) is 0 Å². The van der Waals surface area contributed by atoms with E-state index in [2.05, 4.69) is 69.5 Å². The highest BCUT2D eigenvalue weighted by molar-refractivity contribution is 5.73. The number of nitrogens with zero attached hydrogens (tertiary/aromatic N) is 2. The molecule has 0 atom stereocenters. The van der Waals surface area contributed by atoms with Gasteiger partial charge in [-0.15, -0.1) is 0 Å². The summed E-state index contributed by atoms with van der Waals surface area (Å²) < 4.78 is 5.87. The lowest BCUT2D eigenvalue weighted by molar-refractivity contribution is -0.135. The second-order valence-electron chi connectivity index (χ2n) is 8.27. The van der Waals surface area contributed by atoms with Crippen molar-refractivity contribution in [3.63, 3.8) is 0 Å². The Morgan fingerprint density at radius 1 is 0.962 bits per heavy atom. The minimum atomic E-state index is -0.119. The van der Waals surface area contributed by atoms with Gasteiger partial charge in [0, 0.05) is 38.8 Å². The van der Waals surface area contributed by atoms with E-state index in [1.807, 2.05) is 0 Å². The van der Waals surface area contributed by atoms with Crippen LogP contribution in [0.1, 0.15) is 70.9 Å². The molecule has 0 amide bonds. The van der Waals surface area contributed by atoms with Crippen molar-refractivity contribution in [2.45, 2.75) is 65.8 Å². The SMILES string of the molecule is CC(C)c1cccc(C(C)C)c1OC(=O)CCN1CCN(C(C)C)CC1. The standard InChI is InChI=1S/C22H36N2O2/c1-16(2)19-8-7-9-20(17(3)4)22(19)26-21(25)10-11-23-12-14-24(15-13-23)18(5)6/h7-9,16-18H,10-15H2,1-6H3. The van der Waals surface area contributed by atoms with E-state index in [9.17, 15) is 4.79 Å². The number of esters is 1. The smallest absolute Gasteiger partial charge is 0.312 e. The number of hydrogen-bond donors (Lipinski definition) is 0. The van der Waals surface area contributed by atoms with E-state index in [1.165, 1.54) is 0 Å². The van der Waals surface area contributed by atoms with E-state index in [-0.39, 0.29) is 5.97 Å². The molecule has 1 heterocycles. The van der Waals surface area contributed by atoms with Crippen LogP contribution >= 0.6 is 0 Å². The highest BCUT2D eigenvalue weighted by atomic mass is 16.5. The van der Waals surface area contributed by atoms with Gasteiger partial charge in [-0.1, -0.05) is 45.9 Å². The van der Waals surface area contributed by atoms with Crippen molar-refractivity contribution in [2.24, 2.45) is 0 Å². The molecule has 1 aromatic carbocycles. The number of benzene rings is 1. The quantitative estimate of drug-likeness (QED) is 0.537. The number of carbonyl (C=O) groups excluding carboxylic acids is 1. The maximum atomic E-state index is 12.5. The van der Waals surface area contributed by atoms with E-state index in [4.69, 9.17) is 4.74 Å². The second kappa shape index (κ2) is 9.52. The van der Waals surface area contributed by atoms with Gasteiger partial charge in [-0.25, -0.2) is 0 Å². The molecule has 26 heavy (non-hydrogen) atoms. The van der Waals surface area contributed by atoms with Crippen molar-refractivity contribution in [3.8, 4) is 5.75 Å². The molecule has 0 unspecified atom stereocenters. The molecule has 4 nitrogen and oxygen atoms in total. The zero-order valence-corrected chi connectivity index (χ0v) is 17.4. The van der Waals surface area contributed by atoms with Crippen LogP contribution in [0, 0.1) is 0 Å². The predicted octanol–water partition coefficient (Wildman–Crippen LogP) is 4.25. The van der Waals surface area contributed by atoms with Gasteiger partial charge in [0.05, 0.1) is 6.42 Å². The zero-order valence-electron chi connectivity index (χ0n) is 17.4. The summed E-state index contributed by atoms with van der Waals surface area (Å²) in [6.45, 7) is 18.1. The fraction of sp³-hybridized carbons (Fsp3) is 0.682. The Hall–Kier alpha value is -1.39. The molecule has 0 radical (unpaired) electrons. The molecule has 1 aliphatic rings. The number of hydrogen-bond acceptors (Lipinski definition) is 4.